The summed E-state index contributed by atoms with van der Waals surface area (Å²) in [6.07, 6.45) is 6.09. The smallest absolute Gasteiger partial charge is 0.0530 e. The molecule has 1 saturated carbocycles. The summed E-state index contributed by atoms with van der Waals surface area (Å²) in [5.74, 6) is 2.12. The Bertz CT molecular complexity index is 156. The lowest BCUT2D eigenvalue weighted by atomic mass is 9.84. The fraction of sp³-hybridized carbons (Fsp3) is 1.00. The van der Waals surface area contributed by atoms with E-state index in [-0.39, 0.29) is 0 Å². The lowest BCUT2D eigenvalue weighted by Gasteiger charge is -2.35. The van der Waals surface area contributed by atoms with Gasteiger partial charge in [-0.05, 0) is 11.8 Å². The molecular weight excluding hydrogens is 196 g/mol. The van der Waals surface area contributed by atoms with Gasteiger partial charge in [0, 0.05) is 0 Å². The maximum absolute atomic E-state index is 2.45. The summed E-state index contributed by atoms with van der Waals surface area (Å²) in [7, 11) is -0.827. The minimum Gasteiger partial charge on any atom is -0.0678 e. The van der Waals surface area contributed by atoms with E-state index in [0.29, 0.717) is 0 Å². The summed E-state index contributed by atoms with van der Waals surface area (Å²) < 4.78 is 0. The van der Waals surface area contributed by atoms with Crippen LogP contribution in [-0.2, 0) is 0 Å². The van der Waals surface area contributed by atoms with E-state index in [1.165, 1.54) is 43.8 Å². The third-order valence-corrected chi connectivity index (χ3v) is 11.1. The second-order valence-corrected chi connectivity index (χ2v) is 11.4. The van der Waals surface area contributed by atoms with Gasteiger partial charge in [0.25, 0.3) is 0 Å². The monoisotopic (exact) mass is 226 g/mol. The largest absolute Gasteiger partial charge is 0.0678 e. The van der Waals surface area contributed by atoms with E-state index < -0.39 is 8.07 Å². The van der Waals surface area contributed by atoms with E-state index in [1.54, 1.807) is 6.04 Å². The molecule has 0 aromatic heterocycles. The second-order valence-electron chi connectivity index (χ2n) is 5.89. The van der Waals surface area contributed by atoms with Crippen LogP contribution in [0.25, 0.3) is 0 Å². The number of rotatable bonds is 5. The standard InChI is InChI=1S/C14H30Si/c1-5-15(6-2,7-3)12-14-10-8-13(4)9-11-14/h13-14H,5-12H2,1-4H3. The molecule has 15 heavy (non-hydrogen) atoms. The maximum Gasteiger partial charge on any atom is 0.0530 e. The van der Waals surface area contributed by atoms with Crippen LogP contribution >= 0.6 is 0 Å². The molecule has 0 nitrogen and oxygen atoms in total. The Morgan fingerprint density at radius 1 is 0.867 bits per heavy atom. The molecule has 0 saturated heterocycles. The molecule has 0 unspecified atom stereocenters. The van der Waals surface area contributed by atoms with E-state index in [4.69, 9.17) is 0 Å². The highest BCUT2D eigenvalue weighted by Gasteiger charge is 2.31. The highest BCUT2D eigenvalue weighted by molar-refractivity contribution is 6.79. The van der Waals surface area contributed by atoms with Gasteiger partial charge in [-0.3, -0.25) is 0 Å². The first-order valence-corrected chi connectivity index (χ1v) is 9.98. The van der Waals surface area contributed by atoms with Crippen molar-refractivity contribution in [1.29, 1.82) is 0 Å². The Kier molecular flexibility index (Phi) is 5.38. The van der Waals surface area contributed by atoms with Gasteiger partial charge < -0.3 is 0 Å². The van der Waals surface area contributed by atoms with Gasteiger partial charge in [0.1, 0.15) is 0 Å². The van der Waals surface area contributed by atoms with Crippen molar-refractivity contribution in [3.8, 4) is 0 Å². The molecule has 0 heterocycles. The molecule has 1 heteroatoms. The Hall–Kier alpha value is 0.217. The Morgan fingerprint density at radius 2 is 1.33 bits per heavy atom. The summed E-state index contributed by atoms with van der Waals surface area (Å²) in [6.45, 7) is 9.78. The van der Waals surface area contributed by atoms with Gasteiger partial charge >= 0.3 is 0 Å². The van der Waals surface area contributed by atoms with Crippen molar-refractivity contribution in [1.82, 2.24) is 0 Å². The quantitative estimate of drug-likeness (QED) is 0.556. The SMILES string of the molecule is CC[Si](CC)(CC)CC1CCC(C)CC1. The predicted octanol–water partition coefficient (Wildman–Crippen LogP) is 5.32. The molecule has 1 rings (SSSR count). The molecule has 0 atom stereocenters. The fourth-order valence-corrected chi connectivity index (χ4v) is 7.33. The molecule has 0 radical (unpaired) electrons. The summed E-state index contributed by atoms with van der Waals surface area (Å²) in [6, 6.07) is 6.20. The van der Waals surface area contributed by atoms with Crippen molar-refractivity contribution in [2.75, 3.05) is 0 Å². The molecule has 1 aliphatic rings. The van der Waals surface area contributed by atoms with Gasteiger partial charge in [0.2, 0.25) is 0 Å². The first-order chi connectivity index (χ1) is 7.15. The third kappa shape index (κ3) is 3.62. The summed E-state index contributed by atoms with van der Waals surface area (Å²) in [4.78, 5) is 0. The molecule has 0 aromatic carbocycles. The average Bonchev–Trinajstić information content (AvgIpc) is 2.29. The zero-order valence-electron chi connectivity index (χ0n) is 11.3. The molecule has 0 bridgehead atoms. The van der Waals surface area contributed by atoms with Crippen LogP contribution in [0.2, 0.25) is 24.2 Å². The molecule has 0 aliphatic heterocycles. The van der Waals surface area contributed by atoms with E-state index in [2.05, 4.69) is 27.7 Å². The summed E-state index contributed by atoms with van der Waals surface area (Å²) in [5, 5.41) is 0. The zero-order valence-corrected chi connectivity index (χ0v) is 12.3. The fourth-order valence-electron chi connectivity index (χ4n) is 3.33. The maximum atomic E-state index is 2.45. The summed E-state index contributed by atoms with van der Waals surface area (Å²) >= 11 is 0. The third-order valence-electron chi connectivity index (χ3n) is 5.11. The first kappa shape index (κ1) is 13.3. The van der Waals surface area contributed by atoms with Gasteiger partial charge in [0.05, 0.1) is 8.07 Å². The second kappa shape index (κ2) is 6.08. The molecule has 0 aromatic rings. The van der Waals surface area contributed by atoms with Crippen LogP contribution in [0.3, 0.4) is 0 Å². The lowest BCUT2D eigenvalue weighted by Crippen LogP contribution is -2.34. The molecule has 90 valence electrons. The van der Waals surface area contributed by atoms with E-state index in [1.807, 2.05) is 0 Å². The van der Waals surface area contributed by atoms with Crippen LogP contribution in [0, 0.1) is 11.8 Å². The van der Waals surface area contributed by atoms with E-state index in [0.717, 1.165) is 11.8 Å². The molecular formula is C14H30Si. The van der Waals surface area contributed by atoms with Crippen molar-refractivity contribution in [2.45, 2.75) is 77.6 Å². The topological polar surface area (TPSA) is 0 Å². The van der Waals surface area contributed by atoms with Crippen LogP contribution in [0.5, 0.6) is 0 Å². The van der Waals surface area contributed by atoms with Gasteiger partial charge in [-0.25, -0.2) is 0 Å². The van der Waals surface area contributed by atoms with Gasteiger partial charge in [-0.2, -0.15) is 0 Å². The van der Waals surface area contributed by atoms with Crippen molar-refractivity contribution < 1.29 is 0 Å². The van der Waals surface area contributed by atoms with Crippen molar-refractivity contribution >= 4 is 8.07 Å². The number of hydrogen-bond acceptors (Lipinski definition) is 0. The molecule has 0 spiro atoms. The normalized spacial score (nSPS) is 28.0. The Labute approximate surface area is 97.9 Å². The molecule has 0 N–H and O–H groups in total. The average molecular weight is 226 g/mol. The van der Waals surface area contributed by atoms with Gasteiger partial charge in [0.15, 0.2) is 0 Å². The van der Waals surface area contributed by atoms with Crippen LogP contribution < -0.4 is 0 Å². The van der Waals surface area contributed by atoms with Crippen LogP contribution in [0.15, 0.2) is 0 Å². The molecule has 1 fully saturated rings. The summed E-state index contributed by atoms with van der Waals surface area (Å²) in [5.41, 5.74) is 0. The van der Waals surface area contributed by atoms with Crippen LogP contribution in [0.1, 0.15) is 53.4 Å². The van der Waals surface area contributed by atoms with E-state index in [9.17, 15) is 0 Å². The van der Waals surface area contributed by atoms with Gasteiger partial charge in [-0.15, -0.1) is 0 Å². The lowest BCUT2D eigenvalue weighted by molar-refractivity contribution is 0.305. The zero-order chi connectivity index (χ0) is 11.3. The number of hydrogen-bond donors (Lipinski definition) is 0. The van der Waals surface area contributed by atoms with Crippen molar-refractivity contribution in [3.63, 3.8) is 0 Å². The highest BCUT2D eigenvalue weighted by Crippen LogP contribution is 2.37. The van der Waals surface area contributed by atoms with Crippen LogP contribution in [-0.4, -0.2) is 8.07 Å². The molecule has 1 aliphatic carbocycles. The van der Waals surface area contributed by atoms with Crippen molar-refractivity contribution in [3.05, 3.63) is 0 Å². The predicted molar refractivity (Wildman–Crippen MR) is 73.1 cm³/mol. The van der Waals surface area contributed by atoms with Gasteiger partial charge in [-0.1, -0.05) is 77.6 Å². The van der Waals surface area contributed by atoms with E-state index >= 15 is 0 Å². The Morgan fingerprint density at radius 3 is 1.73 bits per heavy atom. The minimum absolute atomic E-state index is 0.827. The van der Waals surface area contributed by atoms with Crippen molar-refractivity contribution in [2.24, 2.45) is 11.8 Å². The minimum atomic E-state index is -0.827. The van der Waals surface area contributed by atoms with Crippen LogP contribution in [0.4, 0.5) is 0 Å². The Balaban J connectivity index is 2.44. The highest BCUT2D eigenvalue weighted by atomic mass is 28.3. The molecule has 0 amide bonds. The first-order valence-electron chi connectivity index (χ1n) is 7.15.